The third-order valence-electron chi connectivity index (χ3n) is 4.11. The molecule has 0 bridgehead atoms. The summed E-state index contributed by atoms with van der Waals surface area (Å²) in [5, 5.41) is 6.67. The predicted molar refractivity (Wildman–Crippen MR) is 107 cm³/mol. The minimum Gasteiger partial charge on any atom is -0.493 e. The van der Waals surface area contributed by atoms with Crippen molar-refractivity contribution in [3.05, 3.63) is 70.2 Å². The molecule has 7 heteroatoms. The number of benzene rings is 1. The van der Waals surface area contributed by atoms with Crippen LogP contribution in [-0.2, 0) is 6.42 Å². The van der Waals surface area contributed by atoms with Gasteiger partial charge in [0.15, 0.2) is 16.5 Å². The SMILES string of the molecule is COc1cccc2cc(-c3csc(NCCc4ccccn4)n3)c(=O)oc12. The molecule has 0 saturated carbocycles. The normalized spacial score (nSPS) is 10.9. The van der Waals surface area contributed by atoms with Crippen molar-refractivity contribution in [2.75, 3.05) is 19.0 Å². The average molecular weight is 379 g/mol. The van der Waals surface area contributed by atoms with E-state index in [1.807, 2.05) is 35.7 Å². The summed E-state index contributed by atoms with van der Waals surface area (Å²) in [5.74, 6) is 0.534. The molecule has 0 atom stereocenters. The number of methoxy groups -OCH3 is 1. The molecule has 136 valence electrons. The van der Waals surface area contributed by atoms with Crippen molar-refractivity contribution in [3.63, 3.8) is 0 Å². The van der Waals surface area contributed by atoms with Crippen LogP contribution in [0.1, 0.15) is 5.69 Å². The van der Waals surface area contributed by atoms with E-state index in [1.54, 1.807) is 25.4 Å². The maximum atomic E-state index is 12.4. The lowest BCUT2D eigenvalue weighted by molar-refractivity contribution is 0.407. The number of para-hydroxylation sites is 1. The Hall–Kier alpha value is -3.19. The number of hydrogen-bond acceptors (Lipinski definition) is 7. The number of ether oxygens (including phenoxy) is 1. The number of thiazole rings is 1. The molecule has 0 radical (unpaired) electrons. The van der Waals surface area contributed by atoms with E-state index in [-0.39, 0.29) is 0 Å². The Morgan fingerprint density at radius 3 is 2.96 bits per heavy atom. The Labute approximate surface area is 159 Å². The van der Waals surface area contributed by atoms with Crippen molar-refractivity contribution in [2.24, 2.45) is 0 Å². The van der Waals surface area contributed by atoms with Crippen LogP contribution >= 0.6 is 11.3 Å². The van der Waals surface area contributed by atoms with Crippen LogP contribution in [0.3, 0.4) is 0 Å². The van der Waals surface area contributed by atoms with Gasteiger partial charge in [0.05, 0.1) is 18.4 Å². The highest BCUT2D eigenvalue weighted by Crippen LogP contribution is 2.29. The number of pyridine rings is 1. The fraction of sp³-hybridized carbons (Fsp3) is 0.150. The first-order valence-electron chi connectivity index (χ1n) is 8.45. The molecule has 0 unspecified atom stereocenters. The number of fused-ring (bicyclic) bond motifs is 1. The molecule has 0 spiro atoms. The van der Waals surface area contributed by atoms with E-state index in [9.17, 15) is 4.79 Å². The van der Waals surface area contributed by atoms with Gasteiger partial charge in [0, 0.05) is 35.6 Å². The summed E-state index contributed by atoms with van der Waals surface area (Å²) in [6.07, 6.45) is 2.58. The van der Waals surface area contributed by atoms with E-state index in [0.717, 1.165) is 22.6 Å². The third-order valence-corrected chi connectivity index (χ3v) is 4.91. The Balaban J connectivity index is 1.54. The highest BCUT2D eigenvalue weighted by Gasteiger charge is 2.13. The van der Waals surface area contributed by atoms with Crippen molar-refractivity contribution in [2.45, 2.75) is 6.42 Å². The Morgan fingerprint density at radius 2 is 2.15 bits per heavy atom. The van der Waals surface area contributed by atoms with Crippen LogP contribution in [0.4, 0.5) is 5.13 Å². The molecule has 1 aromatic carbocycles. The molecule has 27 heavy (non-hydrogen) atoms. The van der Waals surface area contributed by atoms with Crippen LogP contribution in [0.15, 0.2) is 63.3 Å². The first-order chi connectivity index (χ1) is 13.2. The molecule has 6 nitrogen and oxygen atoms in total. The second kappa shape index (κ2) is 7.59. The fourth-order valence-corrected chi connectivity index (χ4v) is 3.52. The smallest absolute Gasteiger partial charge is 0.345 e. The van der Waals surface area contributed by atoms with Crippen LogP contribution < -0.4 is 15.7 Å². The molecule has 4 rings (SSSR count). The lowest BCUT2D eigenvalue weighted by Gasteiger charge is -2.04. The minimum absolute atomic E-state index is 0.433. The standard InChI is InChI=1S/C20H17N3O3S/c1-25-17-7-4-5-13-11-15(19(24)26-18(13)17)16-12-27-20(23-16)22-10-8-14-6-2-3-9-21-14/h2-7,9,11-12H,8,10H2,1H3,(H,22,23). The summed E-state index contributed by atoms with van der Waals surface area (Å²) in [6.45, 7) is 0.716. The Morgan fingerprint density at radius 1 is 1.22 bits per heavy atom. The zero-order valence-electron chi connectivity index (χ0n) is 14.6. The summed E-state index contributed by atoms with van der Waals surface area (Å²) in [5.41, 5.74) is 2.06. The van der Waals surface area contributed by atoms with Crippen LogP contribution in [0, 0.1) is 0 Å². The van der Waals surface area contributed by atoms with E-state index in [0.29, 0.717) is 29.1 Å². The summed E-state index contributed by atoms with van der Waals surface area (Å²) in [6, 6.07) is 13.1. The lowest BCUT2D eigenvalue weighted by atomic mass is 10.1. The molecule has 0 aliphatic heterocycles. The number of rotatable bonds is 6. The number of anilines is 1. The topological polar surface area (TPSA) is 77.2 Å². The molecule has 3 heterocycles. The Kier molecular flexibility index (Phi) is 4.84. The summed E-state index contributed by atoms with van der Waals surface area (Å²) >= 11 is 1.45. The summed E-state index contributed by atoms with van der Waals surface area (Å²) in [4.78, 5) is 21.2. The first-order valence-corrected chi connectivity index (χ1v) is 9.33. The molecule has 0 saturated heterocycles. The van der Waals surface area contributed by atoms with Crippen molar-refractivity contribution in [1.29, 1.82) is 0 Å². The maximum Gasteiger partial charge on any atom is 0.345 e. The molecule has 0 aliphatic rings. The third kappa shape index (κ3) is 3.68. The van der Waals surface area contributed by atoms with E-state index < -0.39 is 5.63 Å². The molecule has 1 N–H and O–H groups in total. The second-order valence-electron chi connectivity index (χ2n) is 5.86. The van der Waals surface area contributed by atoms with Gasteiger partial charge < -0.3 is 14.5 Å². The van der Waals surface area contributed by atoms with E-state index >= 15 is 0 Å². The van der Waals surface area contributed by atoms with Crippen molar-refractivity contribution >= 4 is 27.4 Å². The van der Waals surface area contributed by atoms with Gasteiger partial charge in [-0.2, -0.15) is 0 Å². The molecule has 4 aromatic rings. The van der Waals surface area contributed by atoms with E-state index in [2.05, 4.69) is 15.3 Å². The highest BCUT2D eigenvalue weighted by atomic mass is 32.1. The van der Waals surface area contributed by atoms with Gasteiger partial charge in [-0.25, -0.2) is 9.78 Å². The average Bonchev–Trinajstić information content (AvgIpc) is 3.16. The number of nitrogens with one attached hydrogen (secondary N) is 1. The molecule has 0 amide bonds. The molecular formula is C20H17N3O3S. The summed E-state index contributed by atoms with van der Waals surface area (Å²) < 4.78 is 10.7. The van der Waals surface area contributed by atoms with Gasteiger partial charge in [-0.05, 0) is 24.3 Å². The molecular weight excluding hydrogens is 362 g/mol. The molecule has 0 aliphatic carbocycles. The van der Waals surface area contributed by atoms with Crippen molar-refractivity contribution in [1.82, 2.24) is 9.97 Å². The van der Waals surface area contributed by atoms with Crippen LogP contribution in [0.25, 0.3) is 22.2 Å². The monoisotopic (exact) mass is 379 g/mol. The number of aromatic nitrogens is 2. The van der Waals surface area contributed by atoms with Gasteiger partial charge in [-0.15, -0.1) is 11.3 Å². The van der Waals surface area contributed by atoms with Gasteiger partial charge in [0.2, 0.25) is 0 Å². The minimum atomic E-state index is -0.433. The van der Waals surface area contributed by atoms with Gasteiger partial charge >= 0.3 is 5.63 Å². The second-order valence-corrected chi connectivity index (χ2v) is 6.72. The van der Waals surface area contributed by atoms with E-state index in [4.69, 9.17) is 9.15 Å². The van der Waals surface area contributed by atoms with Gasteiger partial charge in [-0.3, -0.25) is 4.98 Å². The zero-order chi connectivity index (χ0) is 18.6. The number of hydrogen-bond donors (Lipinski definition) is 1. The summed E-state index contributed by atoms with van der Waals surface area (Å²) in [7, 11) is 1.55. The van der Waals surface area contributed by atoms with Crippen LogP contribution in [-0.4, -0.2) is 23.6 Å². The van der Waals surface area contributed by atoms with Gasteiger partial charge in [-0.1, -0.05) is 18.2 Å². The van der Waals surface area contributed by atoms with E-state index in [1.165, 1.54) is 11.3 Å². The number of nitrogens with zero attached hydrogens (tertiary/aromatic N) is 2. The van der Waals surface area contributed by atoms with Gasteiger partial charge in [0.1, 0.15) is 0 Å². The highest BCUT2D eigenvalue weighted by molar-refractivity contribution is 7.14. The van der Waals surface area contributed by atoms with Crippen molar-refractivity contribution < 1.29 is 9.15 Å². The largest absolute Gasteiger partial charge is 0.493 e. The van der Waals surface area contributed by atoms with Crippen LogP contribution in [0.5, 0.6) is 5.75 Å². The fourth-order valence-electron chi connectivity index (χ4n) is 2.78. The van der Waals surface area contributed by atoms with Gasteiger partial charge in [0.25, 0.3) is 0 Å². The maximum absolute atomic E-state index is 12.4. The zero-order valence-corrected chi connectivity index (χ0v) is 15.5. The predicted octanol–water partition coefficient (Wildman–Crippen LogP) is 3.97. The molecule has 0 fully saturated rings. The van der Waals surface area contributed by atoms with Crippen molar-refractivity contribution in [3.8, 4) is 17.0 Å². The first kappa shape index (κ1) is 17.2. The molecule has 3 aromatic heterocycles. The Bertz CT molecular complexity index is 1120. The quantitative estimate of drug-likeness (QED) is 0.511. The van der Waals surface area contributed by atoms with Crippen LogP contribution in [0.2, 0.25) is 0 Å². The lowest BCUT2D eigenvalue weighted by Crippen LogP contribution is -2.06.